The van der Waals surface area contributed by atoms with Gasteiger partial charge in [0, 0.05) is 10.7 Å². The van der Waals surface area contributed by atoms with Gasteiger partial charge in [0.2, 0.25) is 5.91 Å². The Kier molecular flexibility index (Phi) is 7.01. The third-order valence-corrected chi connectivity index (χ3v) is 6.12. The van der Waals surface area contributed by atoms with Gasteiger partial charge < -0.3 is 19.1 Å². The Morgan fingerprint density at radius 3 is 2.18 bits per heavy atom. The van der Waals surface area contributed by atoms with Crippen molar-refractivity contribution in [3.05, 3.63) is 81.3 Å². The first kappa shape index (κ1) is 23.3. The summed E-state index contributed by atoms with van der Waals surface area (Å²) in [5.74, 6) is 1.80. The minimum absolute atomic E-state index is 0.0460. The van der Waals surface area contributed by atoms with Crippen LogP contribution in [0.1, 0.15) is 36.6 Å². The molecule has 0 bridgehead atoms. The second-order valence-electron chi connectivity index (χ2n) is 7.58. The molecule has 3 aromatic carbocycles. The van der Waals surface area contributed by atoms with Crippen LogP contribution in [0.25, 0.3) is 0 Å². The SMILES string of the molecule is CCOc1cc2c(cc1OCC)C(c1ccc(Cl)cc1)N(c1ccc(OC)c(Cl)c1)C(=O)C2. The molecular formula is C26H25Cl2NO4. The molecule has 5 nitrogen and oxygen atoms in total. The summed E-state index contributed by atoms with van der Waals surface area (Å²) in [7, 11) is 1.56. The minimum Gasteiger partial charge on any atom is -0.495 e. The van der Waals surface area contributed by atoms with Crippen LogP contribution in [0.3, 0.4) is 0 Å². The van der Waals surface area contributed by atoms with Crippen molar-refractivity contribution in [2.24, 2.45) is 0 Å². The molecule has 0 spiro atoms. The molecule has 0 radical (unpaired) electrons. The molecule has 1 unspecified atom stereocenters. The number of ether oxygens (including phenoxy) is 3. The quantitative estimate of drug-likeness (QED) is 0.384. The summed E-state index contributed by atoms with van der Waals surface area (Å²) in [5.41, 5.74) is 3.48. The van der Waals surface area contributed by atoms with Crippen molar-refractivity contribution >= 4 is 34.8 Å². The molecule has 1 aliphatic heterocycles. The Morgan fingerprint density at radius 1 is 0.909 bits per heavy atom. The van der Waals surface area contributed by atoms with Crippen LogP contribution in [0.4, 0.5) is 5.69 Å². The van der Waals surface area contributed by atoms with Gasteiger partial charge in [-0.25, -0.2) is 0 Å². The standard InChI is InChI=1S/C26H25Cl2NO4/c1-4-32-23-12-17-13-25(30)29(19-10-11-22(31-3)21(28)14-19)26(16-6-8-18(27)9-7-16)20(17)15-24(23)33-5-2/h6-12,14-15,26H,4-5,13H2,1-3H3. The molecule has 0 fully saturated rings. The van der Waals surface area contributed by atoms with Crippen molar-refractivity contribution in [2.75, 3.05) is 25.2 Å². The zero-order valence-electron chi connectivity index (χ0n) is 18.7. The highest BCUT2D eigenvalue weighted by Gasteiger charge is 2.36. The Bertz CT molecular complexity index is 1160. The van der Waals surface area contributed by atoms with Crippen molar-refractivity contribution in [3.63, 3.8) is 0 Å². The van der Waals surface area contributed by atoms with Crippen LogP contribution < -0.4 is 19.1 Å². The van der Waals surface area contributed by atoms with E-state index >= 15 is 0 Å². The van der Waals surface area contributed by atoms with E-state index in [1.165, 1.54) is 0 Å². The summed E-state index contributed by atoms with van der Waals surface area (Å²) in [6.07, 6.45) is 0.232. The highest BCUT2D eigenvalue weighted by molar-refractivity contribution is 6.32. The Labute approximate surface area is 203 Å². The number of hydrogen-bond donors (Lipinski definition) is 0. The van der Waals surface area contributed by atoms with Crippen LogP contribution in [0.5, 0.6) is 17.2 Å². The fraction of sp³-hybridized carbons (Fsp3) is 0.269. The van der Waals surface area contributed by atoms with Gasteiger partial charge in [-0.1, -0.05) is 35.3 Å². The fourth-order valence-electron chi connectivity index (χ4n) is 4.17. The van der Waals surface area contributed by atoms with Crippen molar-refractivity contribution in [1.29, 1.82) is 0 Å². The predicted octanol–water partition coefficient (Wildman–Crippen LogP) is 6.48. The lowest BCUT2D eigenvalue weighted by atomic mass is 9.87. The van der Waals surface area contributed by atoms with E-state index in [9.17, 15) is 4.79 Å². The van der Waals surface area contributed by atoms with Crippen molar-refractivity contribution in [1.82, 2.24) is 0 Å². The third-order valence-electron chi connectivity index (χ3n) is 5.57. The molecule has 3 aromatic rings. The molecule has 0 aromatic heterocycles. The van der Waals surface area contributed by atoms with E-state index in [4.69, 9.17) is 37.4 Å². The zero-order chi connectivity index (χ0) is 23.5. The van der Waals surface area contributed by atoms with Gasteiger partial charge in [-0.15, -0.1) is 0 Å². The molecule has 172 valence electrons. The lowest BCUT2D eigenvalue weighted by Crippen LogP contribution is -2.41. The first-order valence-electron chi connectivity index (χ1n) is 10.8. The second-order valence-corrected chi connectivity index (χ2v) is 8.42. The van der Waals surface area contributed by atoms with E-state index in [-0.39, 0.29) is 12.3 Å². The minimum atomic E-state index is -0.391. The maximum atomic E-state index is 13.5. The molecule has 0 saturated carbocycles. The average Bonchev–Trinajstić information content (AvgIpc) is 2.80. The van der Waals surface area contributed by atoms with E-state index in [1.54, 1.807) is 24.1 Å². The molecule has 7 heteroatoms. The van der Waals surface area contributed by atoms with Gasteiger partial charge in [0.25, 0.3) is 0 Å². The van der Waals surface area contributed by atoms with Gasteiger partial charge in [0.05, 0.1) is 37.8 Å². The molecule has 4 rings (SSSR count). The molecule has 0 aliphatic carbocycles. The summed E-state index contributed by atoms with van der Waals surface area (Å²) in [6, 6.07) is 16.4. The number of amides is 1. The molecule has 33 heavy (non-hydrogen) atoms. The van der Waals surface area contributed by atoms with E-state index in [2.05, 4.69) is 0 Å². The fourth-order valence-corrected chi connectivity index (χ4v) is 4.54. The van der Waals surface area contributed by atoms with E-state index < -0.39 is 6.04 Å². The molecular weight excluding hydrogens is 461 g/mol. The summed E-state index contributed by atoms with van der Waals surface area (Å²) in [4.78, 5) is 15.3. The van der Waals surface area contributed by atoms with Crippen LogP contribution in [0.2, 0.25) is 10.0 Å². The van der Waals surface area contributed by atoms with Gasteiger partial charge in [0.15, 0.2) is 11.5 Å². The lowest BCUT2D eigenvalue weighted by molar-refractivity contribution is -0.118. The van der Waals surface area contributed by atoms with Crippen LogP contribution in [-0.4, -0.2) is 26.2 Å². The van der Waals surface area contributed by atoms with Crippen molar-refractivity contribution in [2.45, 2.75) is 26.3 Å². The number of benzene rings is 3. The van der Waals surface area contributed by atoms with Crippen LogP contribution in [0.15, 0.2) is 54.6 Å². The molecule has 1 atom stereocenters. The van der Waals surface area contributed by atoms with Gasteiger partial charge in [-0.05, 0) is 73.0 Å². The van der Waals surface area contributed by atoms with Crippen molar-refractivity contribution < 1.29 is 19.0 Å². The van der Waals surface area contributed by atoms with Crippen LogP contribution in [-0.2, 0) is 11.2 Å². The van der Waals surface area contributed by atoms with Gasteiger partial charge in [-0.3, -0.25) is 4.79 Å². The van der Waals surface area contributed by atoms with Gasteiger partial charge >= 0.3 is 0 Å². The largest absolute Gasteiger partial charge is 0.495 e. The Morgan fingerprint density at radius 2 is 1.58 bits per heavy atom. The number of carbonyl (C=O) groups is 1. The topological polar surface area (TPSA) is 48.0 Å². The highest BCUT2D eigenvalue weighted by atomic mass is 35.5. The van der Waals surface area contributed by atoms with E-state index in [1.807, 2.05) is 56.3 Å². The van der Waals surface area contributed by atoms with Crippen LogP contribution in [0, 0.1) is 0 Å². The van der Waals surface area contributed by atoms with Gasteiger partial charge in [-0.2, -0.15) is 0 Å². The molecule has 1 heterocycles. The molecule has 0 saturated heterocycles. The number of anilines is 1. The summed E-state index contributed by atoms with van der Waals surface area (Å²) in [6.45, 7) is 4.86. The van der Waals surface area contributed by atoms with E-state index in [0.29, 0.717) is 46.2 Å². The Balaban J connectivity index is 1.92. The lowest BCUT2D eigenvalue weighted by Gasteiger charge is -2.38. The second kappa shape index (κ2) is 9.94. The monoisotopic (exact) mass is 485 g/mol. The maximum absolute atomic E-state index is 13.5. The number of halogens is 2. The van der Waals surface area contributed by atoms with Crippen molar-refractivity contribution in [3.8, 4) is 17.2 Å². The normalized spacial score (nSPS) is 15.2. The zero-order valence-corrected chi connectivity index (χ0v) is 20.2. The summed E-state index contributed by atoms with van der Waals surface area (Å²) in [5, 5.41) is 1.06. The predicted molar refractivity (Wildman–Crippen MR) is 131 cm³/mol. The number of fused-ring (bicyclic) bond motifs is 1. The summed E-state index contributed by atoms with van der Waals surface area (Å²) >= 11 is 12.6. The van der Waals surface area contributed by atoms with E-state index in [0.717, 1.165) is 16.7 Å². The number of nitrogens with zero attached hydrogens (tertiary/aromatic N) is 1. The third kappa shape index (κ3) is 4.61. The summed E-state index contributed by atoms with van der Waals surface area (Å²) < 4.78 is 17.0. The Hall–Kier alpha value is -2.89. The number of methoxy groups -OCH3 is 1. The smallest absolute Gasteiger partial charge is 0.232 e. The highest BCUT2D eigenvalue weighted by Crippen LogP contribution is 2.44. The maximum Gasteiger partial charge on any atom is 0.232 e. The molecule has 1 aliphatic rings. The first-order valence-corrected chi connectivity index (χ1v) is 11.6. The molecule has 1 amide bonds. The average molecular weight is 486 g/mol. The van der Waals surface area contributed by atoms with Gasteiger partial charge in [0.1, 0.15) is 5.75 Å². The molecule has 0 N–H and O–H groups in total. The number of hydrogen-bond acceptors (Lipinski definition) is 4. The van der Waals surface area contributed by atoms with Crippen LogP contribution >= 0.6 is 23.2 Å². The number of rotatable bonds is 7. The first-order chi connectivity index (χ1) is 16.0. The number of carbonyl (C=O) groups excluding carboxylic acids is 1.